The lowest BCUT2D eigenvalue weighted by molar-refractivity contribution is -0.185. The maximum absolute atomic E-state index is 13.6. The molecule has 0 saturated carbocycles. The fourth-order valence-electron chi connectivity index (χ4n) is 4.28. The third kappa shape index (κ3) is 5.46. The van der Waals surface area contributed by atoms with E-state index >= 15 is 0 Å². The van der Waals surface area contributed by atoms with Crippen LogP contribution in [0.1, 0.15) is 36.9 Å². The van der Waals surface area contributed by atoms with Crippen molar-refractivity contribution in [2.45, 2.75) is 45.2 Å². The number of fused-ring (bicyclic) bond motifs is 3. The molecule has 0 spiro atoms. The third-order valence-electron chi connectivity index (χ3n) is 5.86. The highest BCUT2D eigenvalue weighted by molar-refractivity contribution is 7.21. The molecule has 0 aliphatic carbocycles. The van der Waals surface area contributed by atoms with Crippen molar-refractivity contribution in [3.63, 3.8) is 0 Å². The van der Waals surface area contributed by atoms with Gasteiger partial charge >= 0.3 is 0 Å². The van der Waals surface area contributed by atoms with Gasteiger partial charge in [0, 0.05) is 46.5 Å². The summed E-state index contributed by atoms with van der Waals surface area (Å²) < 4.78 is 20.0. The van der Waals surface area contributed by atoms with Crippen molar-refractivity contribution in [3.05, 3.63) is 59.4 Å². The number of likely N-dealkylation sites (tertiary alicyclic amines) is 1. The molecule has 0 radical (unpaired) electrons. The van der Waals surface area contributed by atoms with Gasteiger partial charge in [-0.2, -0.15) is 0 Å². The van der Waals surface area contributed by atoms with E-state index in [4.69, 9.17) is 4.74 Å². The standard InChI is InChI=1S/C26H28FN5O3S/c1-26(2,3)35-25(34)30-18-9-10-32(14-18)23(33)21-12-19-20(36-21)8-7-15-13-28-24(31-22(15)19)29-17-6-4-5-16(27)11-17/h4-8,11-13,18,25,30,34H,9-10,14H2,1-3H3,(H,28,29,31). The summed E-state index contributed by atoms with van der Waals surface area (Å²) in [7, 11) is 0. The number of thiophene rings is 1. The average Bonchev–Trinajstić information content (AvgIpc) is 3.44. The largest absolute Gasteiger partial charge is 0.356 e. The first-order chi connectivity index (χ1) is 17.1. The van der Waals surface area contributed by atoms with Crippen LogP contribution >= 0.6 is 11.3 Å². The molecule has 3 heterocycles. The summed E-state index contributed by atoms with van der Waals surface area (Å²) in [5.74, 6) is -0.0454. The second-order valence-corrected chi connectivity index (χ2v) is 10.9. The van der Waals surface area contributed by atoms with E-state index in [-0.39, 0.29) is 17.8 Å². The molecule has 1 fully saturated rings. The SMILES string of the molecule is CC(C)(C)OC(O)NC1CCN(C(=O)c2cc3c(ccc4cnc(Nc5cccc(F)c5)nc43)s2)C1. The molecule has 3 N–H and O–H groups in total. The molecular weight excluding hydrogens is 481 g/mol. The van der Waals surface area contributed by atoms with Crippen molar-refractivity contribution in [2.24, 2.45) is 0 Å². The van der Waals surface area contributed by atoms with Crippen LogP contribution in [-0.4, -0.2) is 57.0 Å². The molecule has 5 rings (SSSR count). The zero-order chi connectivity index (χ0) is 25.4. The summed E-state index contributed by atoms with van der Waals surface area (Å²) in [5.41, 5.74) is 0.800. The highest BCUT2D eigenvalue weighted by Gasteiger charge is 2.30. The molecule has 0 bridgehead atoms. The number of hydrogen-bond acceptors (Lipinski definition) is 8. The van der Waals surface area contributed by atoms with E-state index in [9.17, 15) is 14.3 Å². The lowest BCUT2D eigenvalue weighted by Crippen LogP contribution is -2.45. The van der Waals surface area contributed by atoms with Crippen LogP contribution in [-0.2, 0) is 4.74 Å². The summed E-state index contributed by atoms with van der Waals surface area (Å²) >= 11 is 1.43. The Kier molecular flexibility index (Phi) is 6.60. The summed E-state index contributed by atoms with van der Waals surface area (Å²) in [5, 5.41) is 17.9. The molecule has 1 aliphatic rings. The molecule has 10 heteroatoms. The van der Waals surface area contributed by atoms with Crippen LogP contribution in [0.15, 0.2) is 48.7 Å². The van der Waals surface area contributed by atoms with E-state index in [1.165, 1.54) is 23.5 Å². The monoisotopic (exact) mass is 509 g/mol. The fourth-order valence-corrected chi connectivity index (χ4v) is 5.31. The van der Waals surface area contributed by atoms with Crippen LogP contribution in [0.2, 0.25) is 0 Å². The van der Waals surface area contributed by atoms with Crippen molar-refractivity contribution >= 4 is 49.9 Å². The van der Waals surface area contributed by atoms with Crippen LogP contribution in [0.25, 0.3) is 21.0 Å². The van der Waals surface area contributed by atoms with Crippen LogP contribution < -0.4 is 10.6 Å². The van der Waals surface area contributed by atoms with Gasteiger partial charge in [0.25, 0.3) is 5.91 Å². The molecule has 1 saturated heterocycles. The number of aromatic nitrogens is 2. The fraction of sp³-hybridized carbons (Fsp3) is 0.346. The smallest absolute Gasteiger partial charge is 0.264 e. The third-order valence-corrected chi connectivity index (χ3v) is 6.95. The molecule has 1 amide bonds. The molecule has 1 aliphatic heterocycles. The van der Waals surface area contributed by atoms with Crippen molar-refractivity contribution in [3.8, 4) is 0 Å². The number of nitrogens with one attached hydrogen (secondary N) is 2. The summed E-state index contributed by atoms with van der Waals surface area (Å²) in [4.78, 5) is 24.7. The second-order valence-electron chi connectivity index (χ2n) is 9.84. The normalized spacial score (nSPS) is 17.1. The van der Waals surface area contributed by atoms with Gasteiger partial charge in [-0.15, -0.1) is 11.3 Å². The Morgan fingerprint density at radius 1 is 1.28 bits per heavy atom. The first-order valence-electron chi connectivity index (χ1n) is 11.8. The highest BCUT2D eigenvalue weighted by Crippen LogP contribution is 2.33. The lowest BCUT2D eigenvalue weighted by atomic mass is 10.2. The molecule has 8 nitrogen and oxygen atoms in total. The first kappa shape index (κ1) is 24.5. The predicted molar refractivity (Wildman–Crippen MR) is 139 cm³/mol. The predicted octanol–water partition coefficient (Wildman–Crippen LogP) is 4.62. The highest BCUT2D eigenvalue weighted by atomic mass is 32.1. The topological polar surface area (TPSA) is 99.6 Å². The molecule has 36 heavy (non-hydrogen) atoms. The second kappa shape index (κ2) is 9.70. The number of nitrogens with zero attached hydrogens (tertiary/aromatic N) is 3. The molecule has 2 unspecified atom stereocenters. The lowest BCUT2D eigenvalue weighted by Gasteiger charge is -2.26. The minimum absolute atomic E-state index is 0.0490. The number of ether oxygens (including phenoxy) is 1. The zero-order valence-electron chi connectivity index (χ0n) is 20.3. The number of amides is 1. The van der Waals surface area contributed by atoms with Gasteiger partial charge in [-0.1, -0.05) is 6.07 Å². The number of aliphatic hydroxyl groups excluding tert-OH is 1. The number of anilines is 2. The number of halogens is 1. The molecule has 2 aromatic heterocycles. The van der Waals surface area contributed by atoms with Gasteiger partial charge in [-0.05, 0) is 63.6 Å². The zero-order valence-corrected chi connectivity index (χ0v) is 21.1. The van der Waals surface area contributed by atoms with Gasteiger partial charge in [-0.25, -0.2) is 14.4 Å². The Balaban J connectivity index is 1.34. The maximum atomic E-state index is 13.6. The molecule has 4 aromatic rings. The molecule has 2 aromatic carbocycles. The van der Waals surface area contributed by atoms with E-state index in [1.807, 2.05) is 39.0 Å². The minimum atomic E-state index is -1.09. The van der Waals surface area contributed by atoms with Gasteiger partial charge in [0.2, 0.25) is 12.4 Å². The average molecular weight is 510 g/mol. The van der Waals surface area contributed by atoms with E-state index in [0.717, 1.165) is 27.4 Å². The summed E-state index contributed by atoms with van der Waals surface area (Å²) in [6, 6.07) is 11.8. The number of carbonyl (C=O) groups is 1. The van der Waals surface area contributed by atoms with Gasteiger partial charge in [-0.3, -0.25) is 10.1 Å². The van der Waals surface area contributed by atoms with Crippen LogP contribution in [0.5, 0.6) is 0 Å². The van der Waals surface area contributed by atoms with Crippen LogP contribution in [0.3, 0.4) is 0 Å². The van der Waals surface area contributed by atoms with Crippen LogP contribution in [0, 0.1) is 5.82 Å². The van der Waals surface area contributed by atoms with Crippen molar-refractivity contribution in [1.29, 1.82) is 0 Å². The van der Waals surface area contributed by atoms with Gasteiger partial charge in [0.05, 0.1) is 16.0 Å². The number of carbonyl (C=O) groups excluding carboxylic acids is 1. The Bertz CT molecular complexity index is 1420. The van der Waals surface area contributed by atoms with Crippen molar-refractivity contribution in [2.75, 3.05) is 18.4 Å². The van der Waals surface area contributed by atoms with Gasteiger partial charge in [0.1, 0.15) is 5.82 Å². The Hall–Kier alpha value is -3.18. The van der Waals surface area contributed by atoms with E-state index in [0.29, 0.717) is 29.6 Å². The number of rotatable bonds is 6. The van der Waals surface area contributed by atoms with E-state index in [2.05, 4.69) is 20.6 Å². The van der Waals surface area contributed by atoms with Crippen molar-refractivity contribution in [1.82, 2.24) is 20.2 Å². The molecular formula is C26H28FN5O3S. The number of hydrogen-bond donors (Lipinski definition) is 3. The number of aliphatic hydroxyl groups is 1. The Morgan fingerprint density at radius 2 is 2.11 bits per heavy atom. The Morgan fingerprint density at radius 3 is 2.89 bits per heavy atom. The Labute approximate surface area is 212 Å². The maximum Gasteiger partial charge on any atom is 0.264 e. The first-order valence-corrected chi connectivity index (χ1v) is 12.6. The van der Waals surface area contributed by atoms with E-state index in [1.54, 1.807) is 23.2 Å². The minimum Gasteiger partial charge on any atom is -0.356 e. The summed E-state index contributed by atoms with van der Waals surface area (Å²) in [6.45, 7) is 6.71. The molecule has 188 valence electrons. The van der Waals surface area contributed by atoms with Gasteiger partial charge < -0.3 is 20.1 Å². The summed E-state index contributed by atoms with van der Waals surface area (Å²) in [6.07, 6.45) is 1.35. The molecule has 2 atom stereocenters. The van der Waals surface area contributed by atoms with Crippen LogP contribution in [0.4, 0.5) is 16.0 Å². The number of benzene rings is 2. The van der Waals surface area contributed by atoms with E-state index < -0.39 is 12.0 Å². The van der Waals surface area contributed by atoms with Crippen molar-refractivity contribution < 1.29 is 19.0 Å². The quantitative estimate of drug-likeness (QED) is 0.326. The van der Waals surface area contributed by atoms with Gasteiger partial charge in [0.15, 0.2) is 0 Å².